The molecule has 2 aromatic rings. The van der Waals surface area contributed by atoms with Crippen LogP contribution in [-0.4, -0.2) is 38.5 Å². The Kier molecular flexibility index (Phi) is 5.90. The van der Waals surface area contributed by atoms with Gasteiger partial charge in [0.15, 0.2) is 4.91 Å². The maximum atomic E-state index is 12.7. The summed E-state index contributed by atoms with van der Waals surface area (Å²) in [6.45, 7) is 0.761. The number of carbonyl (C=O) groups excluding carboxylic acids is 1. The van der Waals surface area contributed by atoms with E-state index in [9.17, 15) is 13.2 Å². The lowest BCUT2D eigenvalue weighted by Gasteiger charge is -2.17. The van der Waals surface area contributed by atoms with E-state index in [1.807, 2.05) is 41.1 Å². The van der Waals surface area contributed by atoms with Gasteiger partial charge in [0, 0.05) is 24.7 Å². The third kappa shape index (κ3) is 4.53. The fraction of sp³-hybridized carbons (Fsp3) is 0.286. The van der Waals surface area contributed by atoms with Crippen LogP contribution in [0.5, 0.6) is 0 Å². The van der Waals surface area contributed by atoms with E-state index in [4.69, 9.17) is 10.5 Å². The largest absolute Gasteiger partial charge is 0.477 e. The maximum absolute atomic E-state index is 12.7. The molecule has 1 aromatic carbocycles. The fourth-order valence-corrected chi connectivity index (χ4v) is 4.57. The quantitative estimate of drug-likeness (QED) is 0.651. The summed E-state index contributed by atoms with van der Waals surface area (Å²) in [6.07, 6.45) is 4.14. The Hall–Kier alpha value is -3.40. The average molecular weight is 442 g/mol. The zero-order chi connectivity index (χ0) is 21.8. The summed E-state index contributed by atoms with van der Waals surface area (Å²) in [7, 11) is -4.28. The Bertz CT molecular complexity index is 1160. The molecule has 1 aliphatic heterocycles. The van der Waals surface area contributed by atoms with Crippen LogP contribution in [0.25, 0.3) is 11.3 Å². The number of aromatic nitrogens is 1. The van der Waals surface area contributed by atoms with Crippen LogP contribution >= 0.6 is 0 Å². The van der Waals surface area contributed by atoms with E-state index >= 15 is 0 Å². The number of fused-ring (bicyclic) bond motifs is 1. The Morgan fingerprint density at radius 2 is 1.97 bits per heavy atom. The third-order valence-corrected chi connectivity index (χ3v) is 6.41. The number of benzene rings is 1. The molecule has 9 nitrogen and oxygen atoms in total. The second-order valence-corrected chi connectivity index (χ2v) is 8.84. The average Bonchev–Trinajstić information content (AvgIpc) is 3.24. The van der Waals surface area contributed by atoms with Crippen molar-refractivity contribution in [2.45, 2.75) is 25.7 Å². The molecule has 1 aromatic heterocycles. The van der Waals surface area contributed by atoms with Crippen LogP contribution in [0.1, 0.15) is 24.0 Å². The first-order chi connectivity index (χ1) is 15.0. The monoisotopic (exact) mass is 441 g/mol. The highest BCUT2D eigenvalue weighted by Crippen LogP contribution is 2.31. The number of anilines is 1. The predicted octanol–water partition coefficient (Wildman–Crippen LogP) is 2.31. The Labute approximate surface area is 180 Å². The first-order valence-electron chi connectivity index (χ1n) is 9.99. The number of amides is 2. The van der Waals surface area contributed by atoms with Gasteiger partial charge >= 0.3 is 6.03 Å². The number of nitrogens with one attached hydrogen (secondary N) is 2. The number of aliphatic imine (C=N–C) groups is 1. The number of carbonyl (C=O) groups is 1. The van der Waals surface area contributed by atoms with Crippen LogP contribution in [0.4, 0.5) is 10.6 Å². The summed E-state index contributed by atoms with van der Waals surface area (Å²) in [5.41, 5.74) is 9.13. The van der Waals surface area contributed by atoms with Gasteiger partial charge in [0.1, 0.15) is 5.82 Å². The van der Waals surface area contributed by atoms with Gasteiger partial charge in [0.05, 0.1) is 12.3 Å². The van der Waals surface area contributed by atoms with Gasteiger partial charge in [0.25, 0.3) is 10.0 Å². The van der Waals surface area contributed by atoms with Crippen molar-refractivity contribution in [2.75, 3.05) is 18.5 Å². The lowest BCUT2D eigenvalue weighted by atomic mass is 10.1. The van der Waals surface area contributed by atoms with Gasteiger partial charge in [-0.2, -0.15) is 0 Å². The summed E-state index contributed by atoms with van der Waals surface area (Å²) >= 11 is 0. The molecule has 0 saturated heterocycles. The number of urea groups is 1. The van der Waals surface area contributed by atoms with Crippen molar-refractivity contribution in [1.82, 2.24) is 9.71 Å². The van der Waals surface area contributed by atoms with E-state index < -0.39 is 16.1 Å². The molecule has 31 heavy (non-hydrogen) atoms. The standard InChI is InChI=1S/C21H23N5O4S/c22-13-18(20-23-10-5-11-30-20)31(28,29)26-21(27)25-19-16-9-4-8-15(16)12-17(24-19)14-6-2-1-3-7-14/h1-3,6-7,12-13H,4-5,8-11,22H2,(H2,24,25,26,27). The van der Waals surface area contributed by atoms with Crippen LogP contribution in [0.3, 0.4) is 0 Å². The normalized spacial score (nSPS) is 16.1. The van der Waals surface area contributed by atoms with Crippen LogP contribution < -0.4 is 15.8 Å². The Morgan fingerprint density at radius 1 is 1.16 bits per heavy atom. The fourth-order valence-electron chi connectivity index (χ4n) is 3.64. The van der Waals surface area contributed by atoms with Gasteiger partial charge in [-0.05, 0) is 36.5 Å². The number of hydrogen-bond donors (Lipinski definition) is 3. The number of nitrogens with two attached hydrogens (primary N) is 1. The molecule has 4 rings (SSSR count). The van der Waals surface area contributed by atoms with E-state index in [0.29, 0.717) is 31.1 Å². The van der Waals surface area contributed by atoms with Crippen molar-refractivity contribution in [3.05, 3.63) is 58.6 Å². The number of sulfonamides is 1. The van der Waals surface area contributed by atoms with E-state index in [2.05, 4.69) is 15.3 Å². The minimum Gasteiger partial charge on any atom is -0.477 e. The Morgan fingerprint density at radius 3 is 2.68 bits per heavy atom. The zero-order valence-corrected chi connectivity index (χ0v) is 17.6. The summed E-state index contributed by atoms with van der Waals surface area (Å²) in [4.78, 5) is 20.8. The molecule has 0 spiro atoms. The molecular formula is C21H23N5O4S. The van der Waals surface area contributed by atoms with Gasteiger partial charge in [-0.1, -0.05) is 30.3 Å². The van der Waals surface area contributed by atoms with E-state index in [1.165, 1.54) is 0 Å². The summed E-state index contributed by atoms with van der Waals surface area (Å²) in [5.74, 6) is 0.255. The topological polar surface area (TPSA) is 136 Å². The summed E-state index contributed by atoms with van der Waals surface area (Å²) in [5, 5.41) is 2.60. The number of nitrogens with zero attached hydrogens (tertiary/aromatic N) is 2. The first-order valence-corrected chi connectivity index (χ1v) is 11.5. The second kappa shape index (κ2) is 8.76. The van der Waals surface area contributed by atoms with Gasteiger partial charge in [-0.15, -0.1) is 0 Å². The molecule has 2 heterocycles. The number of ether oxygens (including phenoxy) is 1. The zero-order valence-electron chi connectivity index (χ0n) is 16.8. The lowest BCUT2D eigenvalue weighted by Crippen LogP contribution is -2.38. The summed E-state index contributed by atoms with van der Waals surface area (Å²) < 4.78 is 32.6. The van der Waals surface area contributed by atoms with Crippen molar-refractivity contribution in [3.63, 3.8) is 0 Å². The summed E-state index contributed by atoms with van der Waals surface area (Å²) in [6, 6.07) is 10.7. The molecule has 162 valence electrons. The molecule has 1 aliphatic carbocycles. The second-order valence-electron chi connectivity index (χ2n) is 7.19. The van der Waals surface area contributed by atoms with Crippen LogP contribution in [0, 0.1) is 0 Å². The molecule has 2 amide bonds. The van der Waals surface area contributed by atoms with Crippen molar-refractivity contribution in [2.24, 2.45) is 10.7 Å². The first kappa shape index (κ1) is 20.9. The molecule has 0 bridgehead atoms. The van der Waals surface area contributed by atoms with Gasteiger partial charge in [0.2, 0.25) is 5.90 Å². The van der Waals surface area contributed by atoms with Crippen molar-refractivity contribution < 1.29 is 17.9 Å². The molecule has 4 N–H and O–H groups in total. The molecule has 0 radical (unpaired) electrons. The SMILES string of the molecule is NC=C(C1=NCCCO1)S(=O)(=O)NC(=O)Nc1nc(-c2ccccc2)cc2c1CCC2. The number of rotatable bonds is 5. The van der Waals surface area contributed by atoms with E-state index in [-0.39, 0.29) is 10.8 Å². The van der Waals surface area contributed by atoms with Crippen molar-refractivity contribution >= 4 is 27.8 Å². The third-order valence-electron chi connectivity index (χ3n) is 5.07. The van der Waals surface area contributed by atoms with Crippen LogP contribution in [-0.2, 0) is 27.6 Å². The molecule has 0 fully saturated rings. The smallest absolute Gasteiger partial charge is 0.334 e. The van der Waals surface area contributed by atoms with Gasteiger partial charge in [-0.25, -0.2) is 22.9 Å². The van der Waals surface area contributed by atoms with Crippen molar-refractivity contribution in [1.29, 1.82) is 0 Å². The highest BCUT2D eigenvalue weighted by atomic mass is 32.2. The number of pyridine rings is 1. The molecule has 0 unspecified atom stereocenters. The Balaban J connectivity index is 1.57. The lowest BCUT2D eigenvalue weighted by molar-refractivity contribution is 0.256. The van der Waals surface area contributed by atoms with Gasteiger partial charge < -0.3 is 10.5 Å². The predicted molar refractivity (Wildman–Crippen MR) is 118 cm³/mol. The highest BCUT2D eigenvalue weighted by molar-refractivity contribution is 7.94. The molecule has 0 atom stereocenters. The van der Waals surface area contributed by atoms with Crippen molar-refractivity contribution in [3.8, 4) is 11.3 Å². The number of aryl methyl sites for hydroxylation is 1. The minimum atomic E-state index is -4.28. The van der Waals surface area contributed by atoms with Crippen LogP contribution in [0.15, 0.2) is 52.5 Å². The van der Waals surface area contributed by atoms with Gasteiger partial charge in [-0.3, -0.25) is 10.3 Å². The maximum Gasteiger partial charge on any atom is 0.334 e. The molecule has 2 aliphatic rings. The molecule has 10 heteroatoms. The number of hydrogen-bond acceptors (Lipinski definition) is 7. The van der Waals surface area contributed by atoms with E-state index in [0.717, 1.165) is 42.2 Å². The van der Waals surface area contributed by atoms with E-state index in [1.54, 1.807) is 0 Å². The molecule has 0 saturated carbocycles. The minimum absolute atomic E-state index is 0.0980. The van der Waals surface area contributed by atoms with Crippen LogP contribution in [0.2, 0.25) is 0 Å². The highest BCUT2D eigenvalue weighted by Gasteiger charge is 2.28. The molecular weight excluding hydrogens is 418 g/mol.